The highest BCUT2D eigenvalue weighted by Crippen LogP contribution is 2.33. The molecule has 0 radical (unpaired) electrons. The highest BCUT2D eigenvalue weighted by atomic mass is 35.5. The van der Waals surface area contributed by atoms with Crippen molar-refractivity contribution >= 4 is 29.1 Å². The van der Waals surface area contributed by atoms with Crippen LogP contribution in [0.2, 0.25) is 0 Å². The second-order valence-electron chi connectivity index (χ2n) is 4.46. The number of aryl methyl sites for hydroxylation is 1. The summed E-state index contributed by atoms with van der Waals surface area (Å²) in [5.74, 6) is 0. The van der Waals surface area contributed by atoms with Crippen LogP contribution < -0.4 is 5.69 Å². The van der Waals surface area contributed by atoms with Gasteiger partial charge in [-0.05, 0) is 12.1 Å². The van der Waals surface area contributed by atoms with E-state index in [0.717, 1.165) is 0 Å². The summed E-state index contributed by atoms with van der Waals surface area (Å²) in [5, 5.41) is 11.1. The molecule has 1 heterocycles. The van der Waals surface area contributed by atoms with Crippen LogP contribution in [0.15, 0.2) is 47.3 Å². The second kappa shape index (κ2) is 5.41. The molecule has 0 fully saturated rings. The summed E-state index contributed by atoms with van der Waals surface area (Å²) < 4.78 is 1.48. The van der Waals surface area contributed by atoms with E-state index in [1.807, 2.05) is 0 Å². The number of benzene rings is 2. The normalized spacial score (nSPS) is 10.3. The minimum absolute atomic E-state index is 0. The van der Waals surface area contributed by atoms with Crippen LogP contribution in [0.25, 0.3) is 22.2 Å². The van der Waals surface area contributed by atoms with Gasteiger partial charge < -0.3 is 4.98 Å². The number of rotatable bonds is 2. The van der Waals surface area contributed by atoms with E-state index in [-0.39, 0.29) is 23.8 Å². The third kappa shape index (κ3) is 2.30. The Bertz CT molecular complexity index is 883. The Kier molecular flexibility index (Phi) is 3.82. The first-order chi connectivity index (χ1) is 9.59. The number of H-pyrrole nitrogens is 1. The van der Waals surface area contributed by atoms with Gasteiger partial charge in [-0.15, -0.1) is 12.4 Å². The van der Waals surface area contributed by atoms with E-state index in [4.69, 9.17) is 0 Å². The molecule has 0 saturated heterocycles. The third-order valence-electron chi connectivity index (χ3n) is 3.33. The molecule has 6 nitrogen and oxygen atoms in total. The molecule has 21 heavy (non-hydrogen) atoms. The summed E-state index contributed by atoms with van der Waals surface area (Å²) in [4.78, 5) is 25.2. The van der Waals surface area contributed by atoms with Gasteiger partial charge in [0, 0.05) is 18.7 Å². The van der Waals surface area contributed by atoms with Gasteiger partial charge in [0.2, 0.25) is 0 Å². The highest BCUT2D eigenvalue weighted by Gasteiger charge is 2.17. The van der Waals surface area contributed by atoms with Crippen molar-refractivity contribution in [1.29, 1.82) is 0 Å². The fraction of sp³-hybridized carbons (Fsp3) is 0.0714. The molecule has 1 N–H and O–H groups in total. The van der Waals surface area contributed by atoms with Gasteiger partial charge in [0.1, 0.15) is 0 Å². The highest BCUT2D eigenvalue weighted by molar-refractivity contribution is 5.94. The molecule has 2 aromatic carbocycles. The van der Waals surface area contributed by atoms with Gasteiger partial charge in [0.25, 0.3) is 5.69 Å². The van der Waals surface area contributed by atoms with E-state index in [0.29, 0.717) is 22.2 Å². The molecular weight excluding hydrogens is 294 g/mol. The zero-order chi connectivity index (χ0) is 14.3. The Balaban J connectivity index is 0.00000161. The smallest absolute Gasteiger partial charge is 0.305 e. The molecule has 0 spiro atoms. The number of halogens is 1. The minimum atomic E-state index is -0.421. The molecule has 1 aromatic heterocycles. The number of aromatic nitrogens is 2. The van der Waals surface area contributed by atoms with Gasteiger partial charge in [0.15, 0.2) is 0 Å². The molecule has 108 valence electrons. The van der Waals surface area contributed by atoms with Gasteiger partial charge in [-0.3, -0.25) is 14.7 Å². The number of nitro benzene ring substituents is 1. The second-order valence-corrected chi connectivity index (χ2v) is 4.46. The molecular formula is C14H12ClN3O3. The summed E-state index contributed by atoms with van der Waals surface area (Å²) >= 11 is 0. The molecule has 0 amide bonds. The van der Waals surface area contributed by atoms with Crippen LogP contribution in [0.1, 0.15) is 0 Å². The molecule has 0 bridgehead atoms. The van der Waals surface area contributed by atoms with Crippen LogP contribution in [-0.2, 0) is 7.05 Å². The lowest BCUT2D eigenvalue weighted by Gasteiger charge is -2.04. The van der Waals surface area contributed by atoms with Crippen LogP contribution in [0, 0.1) is 10.1 Å². The summed E-state index contributed by atoms with van der Waals surface area (Å²) in [7, 11) is 1.66. The molecule has 0 aliphatic heterocycles. The van der Waals surface area contributed by atoms with Gasteiger partial charge in [-0.1, -0.05) is 24.3 Å². The Morgan fingerprint density at radius 2 is 1.76 bits per heavy atom. The zero-order valence-corrected chi connectivity index (χ0v) is 11.9. The Morgan fingerprint density at radius 3 is 2.48 bits per heavy atom. The number of fused-ring (bicyclic) bond motifs is 1. The summed E-state index contributed by atoms with van der Waals surface area (Å²) in [6.07, 6.45) is 0. The number of imidazole rings is 1. The van der Waals surface area contributed by atoms with Crippen LogP contribution in [0.3, 0.4) is 0 Å². The lowest BCUT2D eigenvalue weighted by Crippen LogP contribution is -2.11. The molecule has 3 aromatic rings. The molecule has 0 saturated carbocycles. The maximum absolute atomic E-state index is 11.7. The van der Waals surface area contributed by atoms with Crippen molar-refractivity contribution in [3.63, 3.8) is 0 Å². The van der Waals surface area contributed by atoms with Crippen LogP contribution in [0.4, 0.5) is 5.69 Å². The molecule has 0 unspecified atom stereocenters. The SMILES string of the molecule is Cl.Cn1c(=O)[nH]c2c(-c3ccccc3[N+](=O)[O-])cccc21. The van der Waals surface area contributed by atoms with Crippen molar-refractivity contribution in [2.24, 2.45) is 7.05 Å². The standard InChI is InChI=1S/C14H11N3O3.ClH/c1-16-12-8-4-6-10(13(12)15-14(16)18)9-5-2-3-7-11(9)17(19)20;/h2-8H,1H3,(H,15,18);1H. The monoisotopic (exact) mass is 305 g/mol. The number of hydrogen-bond donors (Lipinski definition) is 1. The predicted molar refractivity (Wildman–Crippen MR) is 82.9 cm³/mol. The summed E-state index contributed by atoms with van der Waals surface area (Å²) in [5.41, 5.74) is 2.23. The number of aromatic amines is 1. The zero-order valence-electron chi connectivity index (χ0n) is 11.1. The average molecular weight is 306 g/mol. The van der Waals surface area contributed by atoms with Crippen molar-refractivity contribution in [2.75, 3.05) is 0 Å². The Labute approximate surface area is 125 Å². The summed E-state index contributed by atoms with van der Waals surface area (Å²) in [6.45, 7) is 0. The van der Waals surface area contributed by atoms with E-state index in [2.05, 4.69) is 4.98 Å². The van der Waals surface area contributed by atoms with E-state index in [1.54, 1.807) is 43.4 Å². The third-order valence-corrected chi connectivity index (χ3v) is 3.33. The van der Waals surface area contributed by atoms with E-state index >= 15 is 0 Å². The average Bonchev–Trinajstić information content (AvgIpc) is 2.74. The largest absolute Gasteiger partial charge is 0.326 e. The molecule has 0 atom stereocenters. The van der Waals surface area contributed by atoms with Gasteiger partial charge in [0.05, 0.1) is 21.5 Å². The van der Waals surface area contributed by atoms with E-state index < -0.39 is 4.92 Å². The van der Waals surface area contributed by atoms with Crippen LogP contribution in [0.5, 0.6) is 0 Å². The van der Waals surface area contributed by atoms with Crippen molar-refractivity contribution in [2.45, 2.75) is 0 Å². The first-order valence-electron chi connectivity index (χ1n) is 6.01. The Morgan fingerprint density at radius 1 is 1.10 bits per heavy atom. The maximum atomic E-state index is 11.7. The van der Waals surface area contributed by atoms with E-state index in [9.17, 15) is 14.9 Å². The van der Waals surface area contributed by atoms with Crippen molar-refractivity contribution < 1.29 is 4.92 Å². The predicted octanol–water partition coefficient (Wildman–Crippen LogP) is 2.86. The molecule has 7 heteroatoms. The van der Waals surface area contributed by atoms with Crippen LogP contribution in [-0.4, -0.2) is 14.5 Å². The first kappa shape index (κ1) is 14.8. The van der Waals surface area contributed by atoms with Crippen molar-refractivity contribution in [3.8, 4) is 11.1 Å². The molecule has 0 aliphatic carbocycles. The topological polar surface area (TPSA) is 80.9 Å². The molecule has 3 rings (SSSR count). The lowest BCUT2D eigenvalue weighted by molar-refractivity contribution is -0.384. The minimum Gasteiger partial charge on any atom is -0.305 e. The number of nitrogens with one attached hydrogen (secondary N) is 1. The van der Waals surface area contributed by atoms with Crippen molar-refractivity contribution in [1.82, 2.24) is 9.55 Å². The fourth-order valence-electron chi connectivity index (χ4n) is 2.34. The number of nitro groups is 1. The summed E-state index contributed by atoms with van der Waals surface area (Å²) in [6, 6.07) is 11.8. The number of para-hydroxylation sites is 2. The maximum Gasteiger partial charge on any atom is 0.326 e. The van der Waals surface area contributed by atoms with Gasteiger partial charge in [-0.2, -0.15) is 0 Å². The first-order valence-corrected chi connectivity index (χ1v) is 6.01. The fourth-order valence-corrected chi connectivity index (χ4v) is 2.34. The molecule has 0 aliphatic rings. The van der Waals surface area contributed by atoms with Gasteiger partial charge >= 0.3 is 5.69 Å². The van der Waals surface area contributed by atoms with E-state index in [1.165, 1.54) is 10.6 Å². The quantitative estimate of drug-likeness (QED) is 0.584. The van der Waals surface area contributed by atoms with Crippen LogP contribution >= 0.6 is 12.4 Å². The van der Waals surface area contributed by atoms with Crippen molar-refractivity contribution in [3.05, 3.63) is 63.1 Å². The number of nitrogens with zero attached hydrogens (tertiary/aromatic N) is 2. The number of hydrogen-bond acceptors (Lipinski definition) is 3. The lowest BCUT2D eigenvalue weighted by atomic mass is 10.0. The Hall–Kier alpha value is -2.60. The van der Waals surface area contributed by atoms with Gasteiger partial charge in [-0.25, -0.2) is 4.79 Å².